The van der Waals surface area contributed by atoms with Crippen molar-refractivity contribution in [3.63, 3.8) is 0 Å². The van der Waals surface area contributed by atoms with E-state index in [2.05, 4.69) is 0 Å². The fourth-order valence-electron chi connectivity index (χ4n) is 2.13. The van der Waals surface area contributed by atoms with Crippen molar-refractivity contribution in [3.05, 3.63) is 0 Å². The summed E-state index contributed by atoms with van der Waals surface area (Å²) in [5.74, 6) is -42.1. The Hall–Kier alpha value is -0.140. The van der Waals surface area contributed by atoms with E-state index >= 15 is 0 Å². The summed E-state index contributed by atoms with van der Waals surface area (Å²) in [7, 11) is -8.38. The SMILES string of the molecule is O=S(=O)([O-])C1(F)C(F)(F)C(F)(F)C(F)(C(F)(F)C(F)(F)F)C(F)(F)C1(F)F.[Na+]. The average molecular weight is 484 g/mol. The van der Waals surface area contributed by atoms with Crippen molar-refractivity contribution in [1.82, 2.24) is 0 Å². The van der Waals surface area contributed by atoms with Crippen molar-refractivity contribution in [2.45, 2.75) is 46.5 Å². The molecule has 0 aromatic heterocycles. The van der Waals surface area contributed by atoms with Crippen LogP contribution < -0.4 is 29.6 Å². The van der Waals surface area contributed by atoms with Crippen LogP contribution in [-0.2, 0) is 10.1 Å². The Bertz CT molecular complexity index is 713. The minimum absolute atomic E-state index is 0. The molecule has 1 saturated carbocycles. The topological polar surface area (TPSA) is 57.2 Å². The molecule has 1 rings (SSSR count). The molecule has 0 aromatic rings. The van der Waals surface area contributed by atoms with Crippen LogP contribution in [0.3, 0.4) is 0 Å². The molecule has 1 aliphatic rings. The third kappa shape index (κ3) is 2.44. The number of hydrogen-bond acceptors (Lipinski definition) is 3. The van der Waals surface area contributed by atoms with Gasteiger partial charge in [-0.3, -0.25) is 0 Å². The van der Waals surface area contributed by atoms with Crippen molar-refractivity contribution in [3.8, 4) is 0 Å². The smallest absolute Gasteiger partial charge is 0.745 e. The van der Waals surface area contributed by atoms with Gasteiger partial charge in [0.1, 0.15) is 10.1 Å². The molecule has 28 heavy (non-hydrogen) atoms. The Morgan fingerprint density at radius 1 is 0.607 bits per heavy atom. The predicted molar refractivity (Wildman–Crippen MR) is 48.2 cm³/mol. The molecule has 3 nitrogen and oxygen atoms in total. The molecule has 0 unspecified atom stereocenters. The molecule has 0 N–H and O–H groups in total. The zero-order valence-corrected chi connectivity index (χ0v) is 15.1. The van der Waals surface area contributed by atoms with Gasteiger partial charge in [0.2, 0.25) is 0 Å². The third-order valence-electron chi connectivity index (χ3n) is 3.59. The van der Waals surface area contributed by atoms with Crippen LogP contribution in [0.2, 0.25) is 0 Å². The molecular weight excluding hydrogens is 484 g/mol. The van der Waals surface area contributed by atoms with Crippen LogP contribution in [0, 0.1) is 0 Å². The van der Waals surface area contributed by atoms with Gasteiger partial charge >= 0.3 is 76.0 Å². The second-order valence-corrected chi connectivity index (χ2v) is 6.55. The Morgan fingerprint density at radius 2 is 0.857 bits per heavy atom. The van der Waals surface area contributed by atoms with E-state index < -0.39 is 56.6 Å². The van der Waals surface area contributed by atoms with Gasteiger partial charge in [0.25, 0.3) is 0 Å². The minimum Gasteiger partial charge on any atom is -0.745 e. The molecule has 0 saturated heterocycles. The van der Waals surface area contributed by atoms with E-state index in [1.54, 1.807) is 0 Å². The number of alkyl halides is 15. The van der Waals surface area contributed by atoms with Crippen molar-refractivity contribution < 1.29 is 108 Å². The van der Waals surface area contributed by atoms with Gasteiger partial charge in [0.15, 0.2) is 0 Å². The van der Waals surface area contributed by atoms with Gasteiger partial charge in [0, 0.05) is 0 Å². The first kappa shape index (κ1) is 27.9. The van der Waals surface area contributed by atoms with Gasteiger partial charge in [-0.15, -0.1) is 0 Å². The van der Waals surface area contributed by atoms with Crippen molar-refractivity contribution >= 4 is 10.1 Å². The maximum atomic E-state index is 13.7. The molecule has 0 bridgehead atoms. The van der Waals surface area contributed by atoms with Crippen LogP contribution in [0.15, 0.2) is 0 Å². The van der Waals surface area contributed by atoms with Crippen LogP contribution in [0.1, 0.15) is 0 Å². The Kier molecular flexibility index (Phi) is 6.16. The molecule has 162 valence electrons. The van der Waals surface area contributed by atoms with Crippen LogP contribution in [0.5, 0.6) is 0 Å². The van der Waals surface area contributed by atoms with Gasteiger partial charge in [0.05, 0.1) is 0 Å². The molecule has 0 radical (unpaired) electrons. The second kappa shape index (κ2) is 6.19. The first-order valence-corrected chi connectivity index (χ1v) is 6.95. The summed E-state index contributed by atoms with van der Waals surface area (Å²) in [6.45, 7) is 0. The standard InChI is InChI=1S/C8HF15O3S.Na/c9-1(4(14,15)8(21,22)23)2(10,11)5(16,17)7(20,27(24,25)26)6(18,19)3(1,12)13;/h(H,24,25,26);/q;+1/p-1. The van der Waals surface area contributed by atoms with Crippen molar-refractivity contribution in [2.24, 2.45) is 0 Å². The number of hydrogen-bond donors (Lipinski definition) is 0. The molecule has 1 aliphatic carbocycles. The Labute approximate surface area is 165 Å². The summed E-state index contributed by atoms with van der Waals surface area (Å²) in [6, 6.07) is 0. The van der Waals surface area contributed by atoms with E-state index in [0.717, 1.165) is 0 Å². The molecule has 0 amide bonds. The van der Waals surface area contributed by atoms with Crippen molar-refractivity contribution in [1.29, 1.82) is 0 Å². The van der Waals surface area contributed by atoms with Crippen molar-refractivity contribution in [2.75, 3.05) is 0 Å². The summed E-state index contributed by atoms with van der Waals surface area (Å²) in [5, 5.41) is -8.02. The van der Waals surface area contributed by atoms with E-state index in [4.69, 9.17) is 0 Å². The summed E-state index contributed by atoms with van der Waals surface area (Å²) in [6.07, 6.45) is -7.96. The zero-order valence-electron chi connectivity index (χ0n) is 12.3. The van der Waals surface area contributed by atoms with E-state index in [1.807, 2.05) is 0 Å². The maximum Gasteiger partial charge on any atom is 1.00 e. The molecule has 0 heterocycles. The predicted octanol–water partition coefficient (Wildman–Crippen LogP) is 0.662. The average Bonchev–Trinajstić information content (AvgIpc) is 2.40. The molecule has 0 atom stereocenters. The molecule has 0 spiro atoms. The molecule has 0 aliphatic heterocycles. The monoisotopic (exact) mass is 484 g/mol. The first-order valence-electron chi connectivity index (χ1n) is 5.54. The van der Waals surface area contributed by atoms with Crippen LogP contribution in [-0.4, -0.2) is 59.4 Å². The Morgan fingerprint density at radius 3 is 1.04 bits per heavy atom. The van der Waals surface area contributed by atoms with Gasteiger partial charge in [-0.25, -0.2) is 17.2 Å². The quantitative estimate of drug-likeness (QED) is 0.329. The molecular formula is C8F15NaO3S. The van der Waals surface area contributed by atoms with Crippen LogP contribution >= 0.6 is 0 Å². The van der Waals surface area contributed by atoms with Gasteiger partial charge in [-0.05, 0) is 0 Å². The summed E-state index contributed by atoms with van der Waals surface area (Å²) >= 11 is 0. The van der Waals surface area contributed by atoms with Crippen LogP contribution in [0.25, 0.3) is 0 Å². The molecule has 20 heteroatoms. The maximum absolute atomic E-state index is 13.7. The Balaban J connectivity index is 0.00000729. The largest absolute Gasteiger partial charge is 1.00 e. The number of halogens is 15. The van der Waals surface area contributed by atoms with Gasteiger partial charge in [-0.1, -0.05) is 0 Å². The first-order chi connectivity index (χ1) is 11.2. The van der Waals surface area contributed by atoms with Crippen LogP contribution in [0.4, 0.5) is 65.9 Å². The normalized spacial score (nSPS) is 34.4. The van der Waals surface area contributed by atoms with E-state index in [1.165, 1.54) is 0 Å². The van der Waals surface area contributed by atoms with E-state index in [-0.39, 0.29) is 29.6 Å². The summed E-state index contributed by atoms with van der Waals surface area (Å²) in [5.41, 5.74) is -8.63. The minimum atomic E-state index is -8.63. The number of rotatable bonds is 2. The fourth-order valence-corrected chi connectivity index (χ4v) is 3.02. The molecule has 0 aromatic carbocycles. The zero-order chi connectivity index (χ0) is 22.5. The fraction of sp³-hybridized carbons (Fsp3) is 1.00. The van der Waals surface area contributed by atoms with E-state index in [0.29, 0.717) is 0 Å². The van der Waals surface area contributed by atoms with Gasteiger partial charge in [-0.2, -0.15) is 57.1 Å². The third-order valence-corrected chi connectivity index (χ3v) is 4.80. The van der Waals surface area contributed by atoms with Gasteiger partial charge < -0.3 is 4.55 Å². The van der Waals surface area contributed by atoms with E-state index in [9.17, 15) is 78.8 Å². The molecule has 1 fully saturated rings. The summed E-state index contributed by atoms with van der Waals surface area (Å²) in [4.78, 5) is 0. The second-order valence-electron chi connectivity index (χ2n) is 5.08. The summed E-state index contributed by atoms with van der Waals surface area (Å²) < 4.78 is 227.